The SMILES string of the molecule is CCOCCCNC(=O)CCC(=O)N1CCCn2nc(C)cc21. The molecule has 1 aromatic heterocycles. The number of ether oxygens (including phenoxy) is 1. The Morgan fingerprint density at radius 1 is 1.35 bits per heavy atom. The van der Waals surface area contributed by atoms with E-state index < -0.39 is 0 Å². The van der Waals surface area contributed by atoms with Crippen LogP contribution >= 0.6 is 0 Å². The Morgan fingerprint density at radius 2 is 2.17 bits per heavy atom. The molecule has 23 heavy (non-hydrogen) atoms. The van der Waals surface area contributed by atoms with Gasteiger partial charge in [0.1, 0.15) is 5.82 Å². The van der Waals surface area contributed by atoms with E-state index in [4.69, 9.17) is 4.74 Å². The van der Waals surface area contributed by atoms with Crippen LogP contribution in [0.5, 0.6) is 0 Å². The first-order valence-electron chi connectivity index (χ1n) is 8.31. The number of aromatic nitrogens is 2. The number of rotatable bonds is 8. The number of hydrogen-bond acceptors (Lipinski definition) is 4. The van der Waals surface area contributed by atoms with E-state index in [2.05, 4.69) is 10.4 Å². The van der Waals surface area contributed by atoms with Gasteiger partial charge in [0, 0.05) is 51.8 Å². The van der Waals surface area contributed by atoms with Gasteiger partial charge >= 0.3 is 0 Å². The molecule has 2 amide bonds. The molecule has 2 rings (SSSR count). The summed E-state index contributed by atoms with van der Waals surface area (Å²) in [4.78, 5) is 25.9. The number of hydrogen-bond donors (Lipinski definition) is 1. The molecule has 0 bridgehead atoms. The van der Waals surface area contributed by atoms with E-state index in [0.717, 1.165) is 30.9 Å². The normalized spacial score (nSPS) is 13.7. The maximum absolute atomic E-state index is 12.4. The van der Waals surface area contributed by atoms with E-state index in [1.54, 1.807) is 4.90 Å². The molecule has 1 aliphatic rings. The molecule has 7 heteroatoms. The third-order valence-electron chi connectivity index (χ3n) is 3.77. The number of amides is 2. The Bertz CT molecular complexity index is 541. The summed E-state index contributed by atoms with van der Waals surface area (Å²) < 4.78 is 7.07. The van der Waals surface area contributed by atoms with Crippen molar-refractivity contribution in [3.05, 3.63) is 11.8 Å². The fourth-order valence-electron chi connectivity index (χ4n) is 2.65. The Labute approximate surface area is 137 Å². The summed E-state index contributed by atoms with van der Waals surface area (Å²) in [5.41, 5.74) is 0.909. The zero-order valence-corrected chi connectivity index (χ0v) is 14.0. The van der Waals surface area contributed by atoms with E-state index >= 15 is 0 Å². The van der Waals surface area contributed by atoms with Gasteiger partial charge < -0.3 is 10.1 Å². The zero-order valence-electron chi connectivity index (χ0n) is 14.0. The summed E-state index contributed by atoms with van der Waals surface area (Å²) >= 11 is 0. The van der Waals surface area contributed by atoms with Crippen molar-refractivity contribution in [2.45, 2.75) is 46.1 Å². The topological polar surface area (TPSA) is 76.5 Å². The summed E-state index contributed by atoms with van der Waals surface area (Å²) in [5.74, 6) is 0.739. The molecule has 7 nitrogen and oxygen atoms in total. The molecule has 128 valence electrons. The molecule has 0 saturated carbocycles. The Morgan fingerprint density at radius 3 is 2.96 bits per heavy atom. The molecule has 0 aliphatic carbocycles. The largest absolute Gasteiger partial charge is 0.382 e. The molecule has 1 N–H and O–H groups in total. The van der Waals surface area contributed by atoms with Crippen LogP contribution in [0, 0.1) is 6.92 Å². The van der Waals surface area contributed by atoms with E-state index in [1.807, 2.05) is 24.6 Å². The zero-order chi connectivity index (χ0) is 16.7. The first-order valence-corrected chi connectivity index (χ1v) is 8.31. The maximum atomic E-state index is 12.4. The van der Waals surface area contributed by atoms with Gasteiger partial charge in [0.15, 0.2) is 0 Å². The average Bonchev–Trinajstić information content (AvgIpc) is 2.92. The molecule has 2 heterocycles. The van der Waals surface area contributed by atoms with E-state index in [1.165, 1.54) is 0 Å². The lowest BCUT2D eigenvalue weighted by Gasteiger charge is -2.27. The molecule has 1 aromatic rings. The second kappa shape index (κ2) is 8.67. The van der Waals surface area contributed by atoms with Gasteiger partial charge in [-0.25, -0.2) is 4.68 Å². The van der Waals surface area contributed by atoms with Gasteiger partial charge in [-0.05, 0) is 26.7 Å². The van der Waals surface area contributed by atoms with Crippen LogP contribution in [0.1, 0.15) is 38.3 Å². The van der Waals surface area contributed by atoms with Gasteiger partial charge in [0.05, 0.1) is 5.69 Å². The first kappa shape index (κ1) is 17.5. The van der Waals surface area contributed by atoms with Crippen molar-refractivity contribution in [3.63, 3.8) is 0 Å². The molecule has 0 unspecified atom stereocenters. The maximum Gasteiger partial charge on any atom is 0.228 e. The Kier molecular flexibility index (Phi) is 6.58. The second-order valence-electron chi connectivity index (χ2n) is 5.67. The van der Waals surface area contributed by atoms with Crippen molar-refractivity contribution in [3.8, 4) is 0 Å². The number of fused-ring (bicyclic) bond motifs is 1. The number of nitrogens with one attached hydrogen (secondary N) is 1. The first-order chi connectivity index (χ1) is 11.1. The van der Waals surface area contributed by atoms with Gasteiger partial charge in [-0.15, -0.1) is 0 Å². The fourth-order valence-corrected chi connectivity index (χ4v) is 2.65. The highest BCUT2D eigenvalue weighted by Crippen LogP contribution is 2.22. The lowest BCUT2D eigenvalue weighted by molar-refractivity contribution is -0.125. The lowest BCUT2D eigenvalue weighted by Crippen LogP contribution is -2.38. The number of aryl methyl sites for hydroxylation is 2. The highest BCUT2D eigenvalue weighted by molar-refractivity contribution is 5.95. The van der Waals surface area contributed by atoms with Gasteiger partial charge in [-0.1, -0.05) is 0 Å². The van der Waals surface area contributed by atoms with Crippen molar-refractivity contribution < 1.29 is 14.3 Å². The highest BCUT2D eigenvalue weighted by Gasteiger charge is 2.24. The smallest absolute Gasteiger partial charge is 0.228 e. The van der Waals surface area contributed by atoms with Crippen molar-refractivity contribution >= 4 is 17.6 Å². The summed E-state index contributed by atoms with van der Waals surface area (Å²) in [6.45, 7) is 7.32. The van der Waals surface area contributed by atoms with Crippen molar-refractivity contribution in [1.29, 1.82) is 0 Å². The van der Waals surface area contributed by atoms with Crippen LogP contribution in [0.3, 0.4) is 0 Å². The molecule has 0 atom stereocenters. The van der Waals surface area contributed by atoms with Crippen LogP contribution < -0.4 is 10.2 Å². The highest BCUT2D eigenvalue weighted by atomic mass is 16.5. The minimum absolute atomic E-state index is 0.0182. The lowest BCUT2D eigenvalue weighted by atomic mass is 10.2. The monoisotopic (exact) mass is 322 g/mol. The van der Waals surface area contributed by atoms with E-state index in [-0.39, 0.29) is 24.7 Å². The summed E-state index contributed by atoms with van der Waals surface area (Å²) in [5, 5.41) is 7.19. The van der Waals surface area contributed by atoms with Crippen LogP contribution in [0.4, 0.5) is 5.82 Å². The quantitative estimate of drug-likeness (QED) is 0.731. The Hall–Kier alpha value is -1.89. The predicted molar refractivity (Wildman–Crippen MR) is 87.3 cm³/mol. The van der Waals surface area contributed by atoms with Gasteiger partial charge in [0.25, 0.3) is 0 Å². The second-order valence-corrected chi connectivity index (χ2v) is 5.67. The van der Waals surface area contributed by atoms with Crippen LogP contribution in [0.2, 0.25) is 0 Å². The minimum Gasteiger partial charge on any atom is -0.382 e. The summed E-state index contributed by atoms with van der Waals surface area (Å²) in [6, 6.07) is 1.92. The Balaban J connectivity index is 1.74. The molecular weight excluding hydrogens is 296 g/mol. The number of anilines is 1. The van der Waals surface area contributed by atoms with Crippen LogP contribution in [0.15, 0.2) is 6.07 Å². The van der Waals surface area contributed by atoms with Crippen LogP contribution in [0.25, 0.3) is 0 Å². The molecular formula is C16H26N4O3. The van der Waals surface area contributed by atoms with Crippen molar-refractivity contribution in [1.82, 2.24) is 15.1 Å². The van der Waals surface area contributed by atoms with Gasteiger partial charge in [0.2, 0.25) is 11.8 Å². The molecule has 0 saturated heterocycles. The van der Waals surface area contributed by atoms with Crippen LogP contribution in [-0.4, -0.2) is 47.9 Å². The number of carbonyl (C=O) groups excluding carboxylic acids is 2. The minimum atomic E-state index is -0.0865. The summed E-state index contributed by atoms with van der Waals surface area (Å²) in [7, 11) is 0. The molecule has 0 fully saturated rings. The summed E-state index contributed by atoms with van der Waals surface area (Å²) in [6.07, 6.45) is 2.13. The third-order valence-corrected chi connectivity index (χ3v) is 3.77. The van der Waals surface area contributed by atoms with Gasteiger partial charge in [-0.3, -0.25) is 14.5 Å². The average molecular weight is 322 g/mol. The van der Waals surface area contributed by atoms with E-state index in [9.17, 15) is 9.59 Å². The predicted octanol–water partition coefficient (Wildman–Crippen LogP) is 1.25. The number of nitrogens with zero attached hydrogens (tertiary/aromatic N) is 3. The van der Waals surface area contributed by atoms with Crippen LogP contribution in [-0.2, 0) is 20.9 Å². The number of carbonyl (C=O) groups is 2. The van der Waals surface area contributed by atoms with E-state index in [0.29, 0.717) is 26.3 Å². The molecule has 0 radical (unpaired) electrons. The standard InChI is InChI=1S/C16H26N4O3/c1-3-23-11-4-8-17-14(21)6-7-16(22)19-9-5-10-20-15(19)12-13(2)18-20/h12H,3-11H2,1-2H3,(H,17,21). The van der Waals surface area contributed by atoms with Gasteiger partial charge in [-0.2, -0.15) is 5.10 Å². The molecule has 0 aromatic carbocycles. The fraction of sp³-hybridized carbons (Fsp3) is 0.688. The van der Waals surface area contributed by atoms with Crippen molar-refractivity contribution in [2.24, 2.45) is 0 Å². The third kappa shape index (κ3) is 5.06. The molecule has 1 aliphatic heterocycles. The molecule has 0 spiro atoms. The van der Waals surface area contributed by atoms with Crippen molar-refractivity contribution in [2.75, 3.05) is 31.2 Å².